The van der Waals surface area contributed by atoms with Gasteiger partial charge in [-0.15, -0.1) is 0 Å². The summed E-state index contributed by atoms with van der Waals surface area (Å²) in [6, 6.07) is 15.5. The van der Waals surface area contributed by atoms with E-state index in [1.165, 1.54) is 0 Å². The fourth-order valence-corrected chi connectivity index (χ4v) is 3.68. The molecular formula is C24H25N5O3. The van der Waals surface area contributed by atoms with Crippen molar-refractivity contribution in [3.8, 4) is 17.0 Å². The van der Waals surface area contributed by atoms with E-state index in [0.29, 0.717) is 17.5 Å². The summed E-state index contributed by atoms with van der Waals surface area (Å²) in [4.78, 5) is 12.0. The van der Waals surface area contributed by atoms with E-state index in [4.69, 9.17) is 15.0 Å². The number of benzene rings is 1. The van der Waals surface area contributed by atoms with Crippen LogP contribution >= 0.6 is 0 Å². The summed E-state index contributed by atoms with van der Waals surface area (Å²) in [5.41, 5.74) is 9.27. The maximum atomic E-state index is 12.0. The molecule has 4 aromatic rings. The average molecular weight is 431 g/mol. The second-order valence-electron chi connectivity index (χ2n) is 8.57. The number of nitrogens with two attached hydrogens (primary N) is 1. The second kappa shape index (κ2) is 7.80. The van der Waals surface area contributed by atoms with Crippen molar-refractivity contribution in [1.82, 2.24) is 14.8 Å². The van der Waals surface area contributed by atoms with Gasteiger partial charge in [0.1, 0.15) is 12.4 Å². The van der Waals surface area contributed by atoms with Gasteiger partial charge in [0.15, 0.2) is 5.82 Å². The number of ether oxygens (including phenoxy) is 1. The number of amides is 1. The Labute approximate surface area is 185 Å². The summed E-state index contributed by atoms with van der Waals surface area (Å²) in [7, 11) is 0. The minimum absolute atomic E-state index is 0.0300. The number of anilines is 1. The van der Waals surface area contributed by atoms with Crippen LogP contribution in [0, 0.1) is 12.8 Å². The molecule has 0 aliphatic heterocycles. The third-order valence-corrected chi connectivity index (χ3v) is 5.72. The molecule has 0 unspecified atom stereocenters. The first-order chi connectivity index (χ1) is 15.4. The van der Waals surface area contributed by atoms with Crippen LogP contribution in [0.25, 0.3) is 16.6 Å². The maximum absolute atomic E-state index is 12.0. The Balaban J connectivity index is 1.39. The highest BCUT2D eigenvalue weighted by Crippen LogP contribution is 2.35. The summed E-state index contributed by atoms with van der Waals surface area (Å²) in [5, 5.41) is 11.4. The van der Waals surface area contributed by atoms with E-state index < -0.39 is 5.54 Å². The molecule has 1 aromatic carbocycles. The van der Waals surface area contributed by atoms with Crippen LogP contribution in [0.2, 0.25) is 0 Å². The lowest BCUT2D eigenvalue weighted by Gasteiger charge is -2.24. The number of carbonyl (C=O) groups is 1. The molecule has 0 saturated heterocycles. The van der Waals surface area contributed by atoms with Crippen LogP contribution in [0.5, 0.6) is 5.88 Å². The Hall–Kier alpha value is -3.65. The summed E-state index contributed by atoms with van der Waals surface area (Å²) >= 11 is 0. The number of hydrogen-bond donors (Lipinski definition) is 2. The van der Waals surface area contributed by atoms with E-state index in [1.807, 2.05) is 68.6 Å². The molecule has 8 nitrogen and oxygen atoms in total. The van der Waals surface area contributed by atoms with E-state index in [1.54, 1.807) is 4.52 Å². The van der Waals surface area contributed by atoms with Crippen molar-refractivity contribution in [2.75, 3.05) is 11.9 Å². The zero-order chi connectivity index (χ0) is 22.3. The summed E-state index contributed by atoms with van der Waals surface area (Å²) in [6.45, 7) is 4.00. The normalized spacial score (nSPS) is 15.5. The van der Waals surface area contributed by atoms with Crippen molar-refractivity contribution >= 4 is 17.2 Å². The molecule has 3 aromatic heterocycles. The molecular weight excluding hydrogens is 406 g/mol. The molecule has 5 rings (SSSR count). The smallest absolute Gasteiger partial charge is 0.262 e. The van der Waals surface area contributed by atoms with Gasteiger partial charge < -0.3 is 20.3 Å². The third kappa shape index (κ3) is 3.97. The fraction of sp³-hybridized carbons (Fsp3) is 0.292. The molecule has 32 heavy (non-hydrogen) atoms. The van der Waals surface area contributed by atoms with Crippen LogP contribution in [-0.4, -0.2) is 27.3 Å². The van der Waals surface area contributed by atoms with Crippen molar-refractivity contribution in [3.63, 3.8) is 0 Å². The van der Waals surface area contributed by atoms with Crippen molar-refractivity contribution in [2.45, 2.75) is 32.2 Å². The van der Waals surface area contributed by atoms with Crippen molar-refractivity contribution < 1.29 is 14.1 Å². The van der Waals surface area contributed by atoms with Gasteiger partial charge in [-0.25, -0.2) is 4.52 Å². The van der Waals surface area contributed by atoms with E-state index in [9.17, 15) is 4.79 Å². The van der Waals surface area contributed by atoms with Crippen LogP contribution in [0.4, 0.5) is 5.82 Å². The van der Waals surface area contributed by atoms with Crippen molar-refractivity contribution in [1.29, 1.82) is 0 Å². The largest absolute Gasteiger partial charge is 0.473 e. The number of hydrogen-bond acceptors (Lipinski definition) is 6. The molecule has 0 spiro atoms. The van der Waals surface area contributed by atoms with Crippen molar-refractivity contribution in [3.05, 3.63) is 66.1 Å². The predicted molar refractivity (Wildman–Crippen MR) is 120 cm³/mol. The van der Waals surface area contributed by atoms with Gasteiger partial charge in [0.05, 0.1) is 16.6 Å². The maximum Gasteiger partial charge on any atom is 0.262 e. The Kier molecular flexibility index (Phi) is 4.94. The molecule has 1 amide bonds. The molecule has 1 saturated carbocycles. The van der Waals surface area contributed by atoms with Crippen LogP contribution in [0.1, 0.15) is 31.1 Å². The molecule has 0 bridgehead atoms. The monoisotopic (exact) mass is 431 g/mol. The minimum Gasteiger partial charge on any atom is -0.473 e. The summed E-state index contributed by atoms with van der Waals surface area (Å²) < 4.78 is 13.2. The number of fused-ring (bicyclic) bond motifs is 1. The number of pyridine rings is 1. The van der Waals surface area contributed by atoms with Crippen LogP contribution in [-0.2, 0) is 10.3 Å². The van der Waals surface area contributed by atoms with Crippen LogP contribution < -0.4 is 15.8 Å². The first kappa shape index (κ1) is 20.3. The summed E-state index contributed by atoms with van der Waals surface area (Å²) in [5.74, 6) is 1.73. The zero-order valence-corrected chi connectivity index (χ0v) is 18.0. The van der Waals surface area contributed by atoms with Gasteiger partial charge in [-0.3, -0.25) is 4.79 Å². The highest BCUT2D eigenvalue weighted by Gasteiger charge is 2.30. The lowest BCUT2D eigenvalue weighted by molar-refractivity contribution is -0.117. The predicted octanol–water partition coefficient (Wildman–Crippen LogP) is 3.90. The van der Waals surface area contributed by atoms with Crippen molar-refractivity contribution in [2.24, 2.45) is 11.7 Å². The standard InChI is InChI=1S/C24H25N5O3/c1-15-21(23(28-32-15)31-14-24(2,25)18-6-4-3-5-7-18)17-10-11-29-19(12-17)13-20(27-29)26-22(30)16-8-9-16/h3-7,10-13,16H,8-9,14,25H2,1-2H3,(H,26,27,30)/t24-/m1/s1. The molecule has 164 valence electrons. The van der Waals surface area contributed by atoms with Gasteiger partial charge in [0, 0.05) is 18.2 Å². The van der Waals surface area contributed by atoms with Gasteiger partial charge >= 0.3 is 0 Å². The van der Waals surface area contributed by atoms with E-state index in [0.717, 1.165) is 35.0 Å². The molecule has 1 atom stereocenters. The highest BCUT2D eigenvalue weighted by molar-refractivity contribution is 5.93. The molecule has 1 aliphatic rings. The Morgan fingerprint density at radius 1 is 1.28 bits per heavy atom. The molecule has 3 heterocycles. The van der Waals surface area contributed by atoms with E-state index >= 15 is 0 Å². The Bertz CT molecular complexity index is 1270. The average Bonchev–Trinajstić information content (AvgIpc) is 3.47. The van der Waals surface area contributed by atoms with E-state index in [2.05, 4.69) is 15.6 Å². The molecule has 8 heteroatoms. The van der Waals surface area contributed by atoms with Gasteiger partial charge in [-0.05, 0) is 55.1 Å². The first-order valence-corrected chi connectivity index (χ1v) is 10.6. The number of carbonyl (C=O) groups excluding carboxylic acids is 1. The Morgan fingerprint density at radius 3 is 2.81 bits per heavy atom. The lowest BCUT2D eigenvalue weighted by atomic mass is 9.94. The number of aromatic nitrogens is 3. The Morgan fingerprint density at radius 2 is 2.06 bits per heavy atom. The summed E-state index contributed by atoms with van der Waals surface area (Å²) in [6.07, 6.45) is 3.74. The number of rotatable bonds is 7. The quantitative estimate of drug-likeness (QED) is 0.460. The highest BCUT2D eigenvalue weighted by atomic mass is 16.5. The number of nitrogens with zero attached hydrogens (tertiary/aromatic N) is 3. The minimum atomic E-state index is -0.685. The SMILES string of the molecule is Cc1onc(OC[C@@](C)(N)c2ccccc2)c1-c1ccn2nc(NC(=O)C3CC3)cc2c1. The lowest BCUT2D eigenvalue weighted by Crippen LogP contribution is -2.39. The van der Waals surface area contributed by atoms with Gasteiger partial charge in [0.25, 0.3) is 5.88 Å². The molecule has 1 aliphatic carbocycles. The molecule has 1 fully saturated rings. The third-order valence-electron chi connectivity index (χ3n) is 5.72. The van der Waals surface area contributed by atoms with Gasteiger partial charge in [0.2, 0.25) is 5.91 Å². The van der Waals surface area contributed by atoms with Gasteiger partial charge in [-0.1, -0.05) is 30.3 Å². The zero-order valence-electron chi connectivity index (χ0n) is 18.0. The molecule has 0 radical (unpaired) electrons. The first-order valence-electron chi connectivity index (χ1n) is 10.6. The topological polar surface area (TPSA) is 108 Å². The van der Waals surface area contributed by atoms with Gasteiger partial charge in [-0.2, -0.15) is 5.10 Å². The number of aryl methyl sites for hydroxylation is 1. The number of nitrogens with one attached hydrogen (secondary N) is 1. The van der Waals surface area contributed by atoms with E-state index in [-0.39, 0.29) is 18.4 Å². The van der Waals surface area contributed by atoms with Crippen LogP contribution in [0.3, 0.4) is 0 Å². The fourth-order valence-electron chi connectivity index (χ4n) is 3.68. The molecule has 3 N–H and O–H groups in total. The van der Waals surface area contributed by atoms with Crippen LogP contribution in [0.15, 0.2) is 59.3 Å². The second-order valence-corrected chi connectivity index (χ2v) is 8.57.